The van der Waals surface area contributed by atoms with Gasteiger partial charge in [0.05, 0.1) is 0 Å². The van der Waals surface area contributed by atoms with E-state index in [0.717, 1.165) is 12.8 Å². The molecule has 0 rings (SSSR count). The number of hydrogen-bond donors (Lipinski definition) is 0. The van der Waals surface area contributed by atoms with Crippen LogP contribution >= 0.6 is 12.2 Å². The molecule has 0 saturated heterocycles. The Morgan fingerprint density at radius 1 is 1.43 bits per heavy atom. The van der Waals surface area contributed by atoms with Gasteiger partial charge in [0.1, 0.15) is 0 Å². The second kappa shape index (κ2) is 5.83. The third-order valence-corrected chi connectivity index (χ3v) is 0.827. The molecule has 0 atom stereocenters. The summed E-state index contributed by atoms with van der Waals surface area (Å²) in [4.78, 5) is 0. The highest BCUT2D eigenvalue weighted by Crippen LogP contribution is 1.81. The molecule has 0 nitrogen and oxygen atoms in total. The summed E-state index contributed by atoms with van der Waals surface area (Å²) in [6, 6.07) is 0. The molecular formula is C6H10S. The van der Waals surface area contributed by atoms with Crippen molar-refractivity contribution in [3.05, 3.63) is 12.2 Å². The van der Waals surface area contributed by atoms with E-state index in [1.54, 1.807) is 5.37 Å². The van der Waals surface area contributed by atoms with Crippen LogP contribution < -0.4 is 0 Å². The van der Waals surface area contributed by atoms with Crippen molar-refractivity contribution in [2.45, 2.75) is 19.8 Å². The highest BCUT2D eigenvalue weighted by Gasteiger charge is 1.64. The summed E-state index contributed by atoms with van der Waals surface area (Å²) in [5, 5.41) is 1.73. The maximum Gasteiger partial charge on any atom is -0.00639 e. The normalized spacial score (nSPS) is 9.86. The van der Waals surface area contributed by atoms with Crippen molar-refractivity contribution >= 4 is 17.6 Å². The van der Waals surface area contributed by atoms with Crippen molar-refractivity contribution < 1.29 is 0 Å². The van der Waals surface area contributed by atoms with Gasteiger partial charge in [0.2, 0.25) is 0 Å². The molecule has 0 heterocycles. The Morgan fingerprint density at radius 2 is 2.14 bits per heavy atom. The zero-order valence-corrected chi connectivity index (χ0v) is 5.37. The van der Waals surface area contributed by atoms with Crippen molar-refractivity contribution in [2.75, 3.05) is 0 Å². The Balaban J connectivity index is 2.92. The summed E-state index contributed by atoms with van der Waals surface area (Å²) >= 11 is 4.59. The van der Waals surface area contributed by atoms with Gasteiger partial charge in [-0.3, -0.25) is 0 Å². The lowest BCUT2D eigenvalue weighted by Gasteiger charge is -1.74. The fourth-order valence-corrected chi connectivity index (χ4v) is 0.430. The topological polar surface area (TPSA) is 0 Å². The van der Waals surface area contributed by atoms with Gasteiger partial charge in [-0.05, 0) is 18.2 Å². The first-order chi connectivity index (χ1) is 3.41. The molecule has 0 amide bonds. The molecule has 0 bridgehead atoms. The van der Waals surface area contributed by atoms with Gasteiger partial charge in [-0.2, -0.15) is 0 Å². The number of rotatable bonds is 3. The van der Waals surface area contributed by atoms with Gasteiger partial charge in [-0.15, -0.1) is 0 Å². The average Bonchev–Trinajstić information content (AvgIpc) is 1.69. The van der Waals surface area contributed by atoms with E-state index >= 15 is 0 Å². The minimum Gasteiger partial charge on any atom is -0.0931 e. The molecule has 0 aromatic heterocycles. The van der Waals surface area contributed by atoms with Crippen molar-refractivity contribution in [1.29, 1.82) is 0 Å². The number of hydrogen-bond acceptors (Lipinski definition) is 1. The van der Waals surface area contributed by atoms with E-state index < -0.39 is 0 Å². The van der Waals surface area contributed by atoms with Crippen LogP contribution in [-0.4, -0.2) is 5.37 Å². The van der Waals surface area contributed by atoms with Crippen LogP contribution in [0.15, 0.2) is 12.2 Å². The van der Waals surface area contributed by atoms with E-state index in [-0.39, 0.29) is 0 Å². The molecule has 40 valence electrons. The van der Waals surface area contributed by atoms with E-state index in [2.05, 4.69) is 31.3 Å². The predicted molar refractivity (Wildman–Crippen MR) is 37.7 cm³/mol. The van der Waals surface area contributed by atoms with Gasteiger partial charge in [0.25, 0.3) is 0 Å². The summed E-state index contributed by atoms with van der Waals surface area (Å²) in [6.45, 7) is 2.11. The van der Waals surface area contributed by atoms with Crippen LogP contribution in [0.2, 0.25) is 0 Å². The zero-order valence-electron chi connectivity index (χ0n) is 4.55. The third kappa shape index (κ3) is 5.83. The Kier molecular flexibility index (Phi) is 5.69. The van der Waals surface area contributed by atoms with Gasteiger partial charge in [-0.25, -0.2) is 0 Å². The first-order valence-corrected chi connectivity index (χ1v) is 2.97. The average molecular weight is 114 g/mol. The summed E-state index contributed by atoms with van der Waals surface area (Å²) in [5.74, 6) is 0. The fourth-order valence-electron chi connectivity index (χ4n) is 0.318. The molecule has 0 unspecified atom stereocenters. The van der Waals surface area contributed by atoms with E-state index in [0.29, 0.717) is 0 Å². The zero-order chi connectivity index (χ0) is 5.54. The van der Waals surface area contributed by atoms with Crippen LogP contribution in [0.3, 0.4) is 0 Å². The largest absolute Gasteiger partial charge is 0.0931 e. The van der Waals surface area contributed by atoms with Crippen molar-refractivity contribution in [2.24, 2.45) is 0 Å². The van der Waals surface area contributed by atoms with Gasteiger partial charge >= 0.3 is 0 Å². The lowest BCUT2D eigenvalue weighted by molar-refractivity contribution is 1.21. The number of thiocarbonyl (C=S) groups is 1. The van der Waals surface area contributed by atoms with Crippen LogP contribution in [0.4, 0.5) is 0 Å². The minimum absolute atomic E-state index is 0.934. The minimum atomic E-state index is 0.934. The highest BCUT2D eigenvalue weighted by atomic mass is 32.1. The Bertz CT molecular complexity index is 64.6. The van der Waals surface area contributed by atoms with Crippen LogP contribution in [0, 0.1) is 0 Å². The summed E-state index contributed by atoms with van der Waals surface area (Å²) in [6.07, 6.45) is 6.24. The molecule has 0 saturated carbocycles. The molecule has 0 aromatic carbocycles. The summed E-state index contributed by atoms with van der Waals surface area (Å²) < 4.78 is 0. The predicted octanol–water partition coefficient (Wildman–Crippen LogP) is 2.34. The first kappa shape index (κ1) is 6.83. The second-order valence-electron chi connectivity index (χ2n) is 1.28. The van der Waals surface area contributed by atoms with Gasteiger partial charge < -0.3 is 0 Å². The van der Waals surface area contributed by atoms with Gasteiger partial charge in [0, 0.05) is 0 Å². The van der Waals surface area contributed by atoms with E-state index in [1.807, 2.05) is 0 Å². The first-order valence-electron chi connectivity index (χ1n) is 2.50. The van der Waals surface area contributed by atoms with Crippen LogP contribution in [0.25, 0.3) is 0 Å². The molecule has 1 heteroatoms. The van der Waals surface area contributed by atoms with Crippen LogP contribution in [-0.2, 0) is 0 Å². The van der Waals surface area contributed by atoms with E-state index in [4.69, 9.17) is 0 Å². The van der Waals surface area contributed by atoms with Crippen molar-refractivity contribution in [1.82, 2.24) is 0 Å². The Morgan fingerprint density at radius 3 is 2.57 bits per heavy atom. The molecule has 0 aromatic rings. The molecular weight excluding hydrogens is 104 g/mol. The smallest absolute Gasteiger partial charge is 0.00639 e. The van der Waals surface area contributed by atoms with Crippen molar-refractivity contribution in [3.8, 4) is 0 Å². The lowest BCUT2D eigenvalue weighted by Crippen LogP contribution is -1.60. The molecule has 0 aliphatic rings. The Hall–Kier alpha value is -0.170. The number of allylic oxidation sites excluding steroid dienone is 2. The molecule has 0 radical (unpaired) electrons. The van der Waals surface area contributed by atoms with Crippen molar-refractivity contribution in [3.63, 3.8) is 0 Å². The third-order valence-electron chi connectivity index (χ3n) is 0.635. The summed E-state index contributed by atoms with van der Waals surface area (Å²) in [5.41, 5.74) is 0. The molecule has 0 aliphatic carbocycles. The molecule has 0 aliphatic heterocycles. The molecule has 0 N–H and O–H groups in total. The van der Waals surface area contributed by atoms with E-state index in [1.165, 1.54) is 0 Å². The lowest BCUT2D eigenvalue weighted by atomic mass is 10.4. The highest BCUT2D eigenvalue weighted by molar-refractivity contribution is 7.78. The molecule has 0 fully saturated rings. The van der Waals surface area contributed by atoms with Gasteiger partial charge in [0.15, 0.2) is 0 Å². The van der Waals surface area contributed by atoms with Gasteiger partial charge in [-0.1, -0.05) is 31.3 Å². The maximum atomic E-state index is 4.59. The van der Waals surface area contributed by atoms with Crippen LogP contribution in [0.1, 0.15) is 19.8 Å². The molecule has 0 spiro atoms. The van der Waals surface area contributed by atoms with E-state index in [9.17, 15) is 0 Å². The molecule has 7 heavy (non-hydrogen) atoms. The fraction of sp³-hybridized carbons (Fsp3) is 0.500. The quantitative estimate of drug-likeness (QED) is 0.401. The second-order valence-corrected chi connectivity index (χ2v) is 1.62. The maximum absolute atomic E-state index is 4.59. The van der Waals surface area contributed by atoms with Crippen LogP contribution in [0.5, 0.6) is 0 Å². The standard InChI is InChI=1S/C6H10S/c1-2-3-4-5-6-7/h3-4,6H,2,5H2,1H3. The summed E-state index contributed by atoms with van der Waals surface area (Å²) in [7, 11) is 0. The SMILES string of the molecule is CCC=CCC=S. The Labute approximate surface area is 50.2 Å². The monoisotopic (exact) mass is 114 g/mol.